The lowest BCUT2D eigenvalue weighted by Gasteiger charge is -2.39. The molecule has 2 aromatic heterocycles. The maximum Gasteiger partial charge on any atom is 0.337 e. The molecule has 3 heterocycles. The van der Waals surface area contributed by atoms with Gasteiger partial charge in [0, 0.05) is 18.7 Å². The molecule has 1 aromatic carbocycles. The van der Waals surface area contributed by atoms with E-state index in [1.807, 2.05) is 6.07 Å². The van der Waals surface area contributed by atoms with Crippen molar-refractivity contribution in [2.75, 3.05) is 18.0 Å². The van der Waals surface area contributed by atoms with Crippen LogP contribution in [0.4, 0.5) is 5.82 Å². The molecule has 14 heteroatoms. The number of aryl methyl sites for hydroxylation is 1. The maximum atomic E-state index is 12.6. The van der Waals surface area contributed by atoms with Crippen LogP contribution in [0.2, 0.25) is 0 Å². The van der Waals surface area contributed by atoms with Crippen molar-refractivity contribution in [3.05, 3.63) is 47.2 Å². The zero-order valence-corrected chi connectivity index (χ0v) is 17.9. The van der Waals surface area contributed by atoms with Crippen molar-refractivity contribution in [1.82, 2.24) is 30.3 Å². The normalized spacial score (nSPS) is 13.8. The first-order valence-corrected chi connectivity index (χ1v) is 11.0. The summed E-state index contributed by atoms with van der Waals surface area (Å²) in [5.41, 5.74) is 0.762. The first-order valence-electron chi connectivity index (χ1n) is 9.50. The number of aromatic carboxylic acids is 1. The van der Waals surface area contributed by atoms with Gasteiger partial charge in [-0.3, -0.25) is 4.79 Å². The predicted molar refractivity (Wildman–Crippen MR) is 111 cm³/mol. The SMILES string of the molecule is Cc1nc(N2CC(C(=O)NS(=O)(=O)c3ccc(-c4nn[nH]n4)cc3)C2)c(C#N)cc1C(=O)O. The zero-order valence-electron chi connectivity index (χ0n) is 17.1. The molecule has 0 bridgehead atoms. The van der Waals surface area contributed by atoms with Crippen LogP contribution in [-0.2, 0) is 14.8 Å². The number of carbonyl (C=O) groups is 2. The van der Waals surface area contributed by atoms with E-state index in [0.717, 1.165) is 0 Å². The van der Waals surface area contributed by atoms with E-state index >= 15 is 0 Å². The van der Waals surface area contributed by atoms with Gasteiger partial charge in [0.05, 0.1) is 27.6 Å². The summed E-state index contributed by atoms with van der Waals surface area (Å²) < 4.78 is 27.2. The van der Waals surface area contributed by atoms with Gasteiger partial charge in [-0.1, -0.05) is 0 Å². The first-order chi connectivity index (χ1) is 15.7. The van der Waals surface area contributed by atoms with Crippen molar-refractivity contribution in [3.8, 4) is 17.5 Å². The predicted octanol–water partition coefficient (Wildman–Crippen LogP) is 0.0813. The highest BCUT2D eigenvalue weighted by Gasteiger charge is 2.37. The number of H-pyrrole nitrogens is 1. The fourth-order valence-corrected chi connectivity index (χ4v) is 4.34. The first kappa shape index (κ1) is 21.8. The van der Waals surface area contributed by atoms with Crippen molar-refractivity contribution in [1.29, 1.82) is 5.26 Å². The monoisotopic (exact) mass is 468 g/mol. The maximum absolute atomic E-state index is 12.6. The number of anilines is 1. The molecule has 0 atom stereocenters. The molecule has 1 saturated heterocycles. The molecule has 0 aliphatic carbocycles. The van der Waals surface area contributed by atoms with E-state index in [9.17, 15) is 28.4 Å². The van der Waals surface area contributed by atoms with E-state index < -0.39 is 27.8 Å². The smallest absolute Gasteiger partial charge is 0.337 e. The molecule has 33 heavy (non-hydrogen) atoms. The number of aromatic amines is 1. The lowest BCUT2D eigenvalue weighted by Crippen LogP contribution is -2.55. The van der Waals surface area contributed by atoms with Crippen LogP contribution in [0.5, 0.6) is 0 Å². The standard InChI is InChI=1S/C19H16N8O5S/c1-10-15(19(29)30)6-12(7-20)17(21-10)27-8-13(9-27)18(28)24-33(31,32)14-4-2-11(3-5-14)16-22-25-26-23-16/h2-6,13H,8-9H2,1H3,(H,24,28)(H,29,30)(H,22,23,25,26). The number of amides is 1. The van der Waals surface area contributed by atoms with Crippen molar-refractivity contribution < 1.29 is 23.1 Å². The molecular formula is C19H16N8O5S. The topological polar surface area (TPSA) is 195 Å². The number of sulfonamides is 1. The summed E-state index contributed by atoms with van der Waals surface area (Å²) in [6.45, 7) is 1.77. The number of hydrogen-bond acceptors (Lipinski definition) is 10. The number of rotatable bonds is 6. The van der Waals surface area contributed by atoms with Gasteiger partial charge >= 0.3 is 5.97 Å². The van der Waals surface area contributed by atoms with E-state index in [4.69, 9.17) is 0 Å². The van der Waals surface area contributed by atoms with Crippen LogP contribution in [0, 0.1) is 24.2 Å². The number of nitrogens with zero attached hydrogens (tertiary/aromatic N) is 6. The minimum Gasteiger partial charge on any atom is -0.478 e. The van der Waals surface area contributed by atoms with Crippen LogP contribution in [0.3, 0.4) is 0 Å². The van der Waals surface area contributed by atoms with Crippen molar-refractivity contribution in [2.24, 2.45) is 5.92 Å². The van der Waals surface area contributed by atoms with Crippen LogP contribution in [-0.4, -0.2) is 64.1 Å². The Morgan fingerprint density at radius 1 is 1.27 bits per heavy atom. The molecule has 3 aromatic rings. The molecule has 0 spiro atoms. The van der Waals surface area contributed by atoms with Crippen molar-refractivity contribution in [2.45, 2.75) is 11.8 Å². The van der Waals surface area contributed by atoms with E-state index in [1.54, 1.807) is 4.90 Å². The second-order valence-corrected chi connectivity index (χ2v) is 8.92. The van der Waals surface area contributed by atoms with Crippen LogP contribution in [0.15, 0.2) is 35.2 Å². The fourth-order valence-electron chi connectivity index (χ4n) is 3.29. The summed E-state index contributed by atoms with van der Waals surface area (Å²) in [7, 11) is -4.10. The number of hydrogen-bond donors (Lipinski definition) is 3. The number of benzene rings is 1. The van der Waals surface area contributed by atoms with Gasteiger partial charge in [0.15, 0.2) is 0 Å². The molecule has 0 unspecified atom stereocenters. The highest BCUT2D eigenvalue weighted by molar-refractivity contribution is 7.90. The van der Waals surface area contributed by atoms with Gasteiger partial charge in [-0.05, 0) is 42.5 Å². The minimum atomic E-state index is -4.10. The molecule has 0 radical (unpaired) electrons. The van der Waals surface area contributed by atoms with E-state index in [2.05, 4.69) is 30.3 Å². The van der Waals surface area contributed by atoms with Gasteiger partial charge in [0.1, 0.15) is 11.9 Å². The Labute approximate surface area is 187 Å². The fraction of sp³-hybridized carbons (Fsp3) is 0.211. The van der Waals surface area contributed by atoms with Crippen LogP contribution in [0.25, 0.3) is 11.4 Å². The molecule has 1 fully saturated rings. The Morgan fingerprint density at radius 3 is 2.55 bits per heavy atom. The summed E-state index contributed by atoms with van der Waals surface area (Å²) in [6, 6.07) is 8.77. The molecule has 0 saturated carbocycles. The number of aromatic nitrogens is 5. The Kier molecular flexibility index (Phi) is 5.48. The molecule has 1 aliphatic heterocycles. The second-order valence-electron chi connectivity index (χ2n) is 7.24. The van der Waals surface area contributed by atoms with E-state index in [0.29, 0.717) is 11.4 Å². The average molecular weight is 468 g/mol. The van der Waals surface area contributed by atoms with Crippen LogP contribution < -0.4 is 9.62 Å². The van der Waals surface area contributed by atoms with E-state index in [1.165, 1.54) is 37.3 Å². The Balaban J connectivity index is 1.42. The quantitative estimate of drug-likeness (QED) is 0.443. The number of pyridine rings is 1. The molecule has 1 aliphatic rings. The average Bonchev–Trinajstić information content (AvgIpc) is 3.27. The number of carbonyl (C=O) groups excluding carboxylic acids is 1. The number of carboxylic acids is 1. The Morgan fingerprint density at radius 2 is 1.97 bits per heavy atom. The highest BCUT2D eigenvalue weighted by Crippen LogP contribution is 2.28. The van der Waals surface area contributed by atoms with Crippen molar-refractivity contribution in [3.63, 3.8) is 0 Å². The summed E-state index contributed by atoms with van der Waals surface area (Å²) in [5, 5.41) is 31.9. The third-order valence-electron chi connectivity index (χ3n) is 5.10. The van der Waals surface area contributed by atoms with Gasteiger partial charge in [-0.15, -0.1) is 10.2 Å². The van der Waals surface area contributed by atoms with Gasteiger partial charge in [-0.25, -0.2) is 22.9 Å². The molecule has 3 N–H and O–H groups in total. The summed E-state index contributed by atoms with van der Waals surface area (Å²) >= 11 is 0. The molecular weight excluding hydrogens is 452 g/mol. The third kappa shape index (κ3) is 4.21. The minimum absolute atomic E-state index is 0.0613. The van der Waals surface area contributed by atoms with Gasteiger partial charge in [0.2, 0.25) is 11.7 Å². The van der Waals surface area contributed by atoms with Gasteiger partial charge in [0.25, 0.3) is 10.0 Å². The molecule has 13 nitrogen and oxygen atoms in total. The zero-order chi connectivity index (χ0) is 23.8. The lowest BCUT2D eigenvalue weighted by atomic mass is 9.98. The van der Waals surface area contributed by atoms with Gasteiger partial charge in [-0.2, -0.15) is 10.5 Å². The second kappa shape index (κ2) is 8.28. The third-order valence-corrected chi connectivity index (χ3v) is 6.46. The van der Waals surface area contributed by atoms with Crippen LogP contribution in [0.1, 0.15) is 21.6 Å². The molecule has 4 rings (SSSR count). The Hall–Kier alpha value is -4.38. The molecule has 168 valence electrons. The molecule has 1 amide bonds. The van der Waals surface area contributed by atoms with Crippen LogP contribution >= 0.6 is 0 Å². The summed E-state index contributed by atoms with van der Waals surface area (Å²) in [4.78, 5) is 29.4. The summed E-state index contributed by atoms with van der Waals surface area (Å²) in [6.07, 6.45) is 0. The Bertz CT molecular complexity index is 1370. The van der Waals surface area contributed by atoms with E-state index in [-0.39, 0.29) is 40.6 Å². The largest absolute Gasteiger partial charge is 0.478 e. The number of nitriles is 1. The van der Waals surface area contributed by atoms with Gasteiger partial charge < -0.3 is 10.0 Å². The number of nitrogens with one attached hydrogen (secondary N) is 2. The lowest BCUT2D eigenvalue weighted by molar-refractivity contribution is -0.123. The number of tetrazole rings is 1. The van der Waals surface area contributed by atoms with Crippen molar-refractivity contribution >= 4 is 27.7 Å². The summed E-state index contributed by atoms with van der Waals surface area (Å²) in [5.74, 6) is -1.98. The highest BCUT2D eigenvalue weighted by atomic mass is 32.2. The number of carboxylic acid groups (broad SMARTS) is 1.